The van der Waals surface area contributed by atoms with Gasteiger partial charge in [-0.2, -0.15) is 5.26 Å². The Kier molecular flexibility index (Phi) is 2.19. The van der Waals surface area contributed by atoms with Gasteiger partial charge in [-0.1, -0.05) is 0 Å². The van der Waals surface area contributed by atoms with Crippen LogP contribution in [0.25, 0.3) is 0 Å². The molecule has 2 N–H and O–H groups in total. The highest BCUT2D eigenvalue weighted by atomic mass is 14.8. The normalized spacial score (nSPS) is 12.1. The molecule has 0 saturated heterocycles. The minimum Gasteiger partial charge on any atom is -0.323 e. The van der Waals surface area contributed by atoms with Gasteiger partial charge >= 0.3 is 0 Å². The van der Waals surface area contributed by atoms with Gasteiger partial charge in [-0.3, -0.25) is 4.98 Å². The Morgan fingerprint density at radius 3 is 2.91 bits per heavy atom. The number of aromatic nitrogens is 1. The maximum Gasteiger partial charge on any atom is 0.101 e. The van der Waals surface area contributed by atoms with Crippen LogP contribution in [0.1, 0.15) is 24.2 Å². The van der Waals surface area contributed by atoms with Crippen molar-refractivity contribution in [3.8, 4) is 6.07 Å². The first-order chi connectivity index (χ1) is 5.25. The lowest BCUT2D eigenvalue weighted by molar-refractivity contribution is 0.777. The molecule has 0 amide bonds. The molecule has 1 unspecified atom stereocenters. The summed E-state index contributed by atoms with van der Waals surface area (Å²) >= 11 is 0. The van der Waals surface area contributed by atoms with E-state index in [0.29, 0.717) is 11.3 Å². The highest BCUT2D eigenvalue weighted by molar-refractivity contribution is 5.33. The zero-order chi connectivity index (χ0) is 8.27. The van der Waals surface area contributed by atoms with E-state index in [4.69, 9.17) is 11.0 Å². The quantitative estimate of drug-likeness (QED) is 0.643. The van der Waals surface area contributed by atoms with Crippen LogP contribution in [0.4, 0.5) is 0 Å². The number of nitrogens with two attached hydrogens (primary N) is 1. The fourth-order valence-corrected chi connectivity index (χ4v) is 0.875. The molecule has 1 aromatic rings. The Labute approximate surface area is 65.5 Å². The van der Waals surface area contributed by atoms with E-state index in [-0.39, 0.29) is 6.04 Å². The zero-order valence-corrected chi connectivity index (χ0v) is 6.28. The number of nitrogens with zero attached hydrogens (tertiary/aromatic N) is 2. The first-order valence-corrected chi connectivity index (χ1v) is 3.36. The lowest BCUT2D eigenvalue weighted by Crippen LogP contribution is -2.09. The number of hydrogen-bond donors (Lipinski definition) is 1. The average molecular weight is 147 g/mol. The van der Waals surface area contributed by atoms with E-state index in [9.17, 15) is 0 Å². The third kappa shape index (κ3) is 1.54. The first-order valence-electron chi connectivity index (χ1n) is 3.36. The second-order valence-corrected chi connectivity index (χ2v) is 2.34. The predicted octanol–water partition coefficient (Wildman–Crippen LogP) is 0.973. The summed E-state index contributed by atoms with van der Waals surface area (Å²) < 4.78 is 0. The molecule has 0 aliphatic rings. The standard InChI is InChI=1S/C8H9N3/c1-6(10)8-7(5-9)3-2-4-11-8/h2-4,6H,10H2,1H3. The topological polar surface area (TPSA) is 62.7 Å². The van der Waals surface area contributed by atoms with Crippen LogP contribution in [-0.2, 0) is 0 Å². The maximum absolute atomic E-state index is 8.62. The van der Waals surface area contributed by atoms with Crippen LogP contribution in [0.15, 0.2) is 18.3 Å². The second-order valence-electron chi connectivity index (χ2n) is 2.34. The molecule has 0 aromatic carbocycles. The number of rotatable bonds is 1. The summed E-state index contributed by atoms with van der Waals surface area (Å²) in [7, 11) is 0. The van der Waals surface area contributed by atoms with Crippen LogP contribution in [-0.4, -0.2) is 4.98 Å². The van der Waals surface area contributed by atoms with Crippen molar-refractivity contribution in [2.24, 2.45) is 5.73 Å². The molecule has 0 aliphatic carbocycles. The molecular formula is C8H9N3. The minimum atomic E-state index is -0.175. The molecule has 0 fully saturated rings. The number of pyridine rings is 1. The minimum absolute atomic E-state index is 0.175. The molecule has 1 heterocycles. The van der Waals surface area contributed by atoms with Crippen LogP contribution >= 0.6 is 0 Å². The summed E-state index contributed by atoms with van der Waals surface area (Å²) in [6.45, 7) is 1.81. The van der Waals surface area contributed by atoms with Crippen LogP contribution < -0.4 is 5.73 Å². The van der Waals surface area contributed by atoms with Crippen molar-refractivity contribution in [3.63, 3.8) is 0 Å². The van der Waals surface area contributed by atoms with E-state index in [2.05, 4.69) is 4.98 Å². The van der Waals surface area contributed by atoms with Crippen molar-refractivity contribution in [2.45, 2.75) is 13.0 Å². The van der Waals surface area contributed by atoms with Gasteiger partial charge in [0.15, 0.2) is 0 Å². The summed E-state index contributed by atoms with van der Waals surface area (Å²) in [5.41, 5.74) is 6.80. The fourth-order valence-electron chi connectivity index (χ4n) is 0.875. The van der Waals surface area contributed by atoms with Crippen molar-refractivity contribution in [3.05, 3.63) is 29.6 Å². The van der Waals surface area contributed by atoms with Crippen LogP contribution in [0.5, 0.6) is 0 Å². The Morgan fingerprint density at radius 2 is 2.45 bits per heavy atom. The van der Waals surface area contributed by atoms with E-state index in [0.717, 1.165) is 0 Å². The predicted molar refractivity (Wildman–Crippen MR) is 41.6 cm³/mol. The third-order valence-corrected chi connectivity index (χ3v) is 1.39. The van der Waals surface area contributed by atoms with E-state index < -0.39 is 0 Å². The number of nitriles is 1. The molecule has 1 aromatic heterocycles. The Hall–Kier alpha value is -1.40. The van der Waals surface area contributed by atoms with Crippen LogP contribution in [0.3, 0.4) is 0 Å². The van der Waals surface area contributed by atoms with E-state index in [1.54, 1.807) is 18.3 Å². The van der Waals surface area contributed by atoms with Crippen LogP contribution in [0.2, 0.25) is 0 Å². The maximum atomic E-state index is 8.62. The molecule has 0 spiro atoms. The van der Waals surface area contributed by atoms with Gasteiger partial charge in [0.25, 0.3) is 0 Å². The van der Waals surface area contributed by atoms with Gasteiger partial charge in [-0.15, -0.1) is 0 Å². The van der Waals surface area contributed by atoms with Gasteiger partial charge in [0, 0.05) is 12.2 Å². The highest BCUT2D eigenvalue weighted by Gasteiger charge is 2.05. The van der Waals surface area contributed by atoms with Gasteiger partial charge in [0.1, 0.15) is 6.07 Å². The lowest BCUT2D eigenvalue weighted by atomic mass is 10.1. The molecule has 11 heavy (non-hydrogen) atoms. The van der Waals surface area contributed by atoms with E-state index in [1.165, 1.54) is 0 Å². The van der Waals surface area contributed by atoms with E-state index in [1.807, 2.05) is 13.0 Å². The largest absolute Gasteiger partial charge is 0.323 e. The molecule has 0 aliphatic heterocycles. The third-order valence-electron chi connectivity index (χ3n) is 1.39. The van der Waals surface area contributed by atoms with E-state index >= 15 is 0 Å². The van der Waals surface area contributed by atoms with Gasteiger partial charge in [-0.25, -0.2) is 0 Å². The first kappa shape index (κ1) is 7.70. The Bertz CT molecular complexity index is 286. The molecule has 56 valence electrons. The monoisotopic (exact) mass is 147 g/mol. The zero-order valence-electron chi connectivity index (χ0n) is 6.28. The summed E-state index contributed by atoms with van der Waals surface area (Å²) in [6.07, 6.45) is 1.64. The van der Waals surface area contributed by atoms with Gasteiger partial charge < -0.3 is 5.73 Å². The smallest absolute Gasteiger partial charge is 0.101 e. The summed E-state index contributed by atoms with van der Waals surface area (Å²) in [4.78, 5) is 4.00. The van der Waals surface area contributed by atoms with Crippen molar-refractivity contribution in [1.82, 2.24) is 4.98 Å². The highest BCUT2D eigenvalue weighted by Crippen LogP contribution is 2.10. The van der Waals surface area contributed by atoms with Crippen molar-refractivity contribution in [1.29, 1.82) is 5.26 Å². The van der Waals surface area contributed by atoms with Crippen molar-refractivity contribution >= 4 is 0 Å². The van der Waals surface area contributed by atoms with Gasteiger partial charge in [0.2, 0.25) is 0 Å². The fraction of sp³-hybridized carbons (Fsp3) is 0.250. The number of hydrogen-bond acceptors (Lipinski definition) is 3. The lowest BCUT2D eigenvalue weighted by Gasteiger charge is -2.04. The molecular weight excluding hydrogens is 138 g/mol. The van der Waals surface area contributed by atoms with Crippen molar-refractivity contribution in [2.75, 3.05) is 0 Å². The Balaban J connectivity index is 3.15. The van der Waals surface area contributed by atoms with Crippen molar-refractivity contribution < 1.29 is 0 Å². The summed E-state index contributed by atoms with van der Waals surface area (Å²) in [5.74, 6) is 0. The average Bonchev–Trinajstić information content (AvgIpc) is 2.04. The summed E-state index contributed by atoms with van der Waals surface area (Å²) in [5, 5.41) is 8.62. The molecule has 3 nitrogen and oxygen atoms in total. The SMILES string of the molecule is CC(N)c1ncccc1C#N. The van der Waals surface area contributed by atoms with Gasteiger partial charge in [0.05, 0.1) is 11.3 Å². The molecule has 0 saturated carbocycles. The van der Waals surface area contributed by atoms with Gasteiger partial charge in [-0.05, 0) is 19.1 Å². The molecule has 1 atom stereocenters. The molecule has 3 heteroatoms. The molecule has 0 radical (unpaired) electrons. The van der Waals surface area contributed by atoms with Crippen LogP contribution in [0, 0.1) is 11.3 Å². The Morgan fingerprint density at radius 1 is 1.73 bits per heavy atom. The second kappa shape index (κ2) is 3.13. The molecule has 1 rings (SSSR count). The summed E-state index contributed by atoms with van der Waals surface area (Å²) in [6, 6.07) is 5.30. The molecule has 0 bridgehead atoms.